The van der Waals surface area contributed by atoms with Crippen LogP contribution in [0.4, 0.5) is 0 Å². The van der Waals surface area contributed by atoms with Crippen LogP contribution in [0.5, 0.6) is 5.75 Å². The number of benzene rings is 1. The number of nitrogens with zero attached hydrogens (tertiary/aromatic N) is 2. The van der Waals surface area contributed by atoms with Crippen LogP contribution in [0.3, 0.4) is 0 Å². The zero-order valence-electron chi connectivity index (χ0n) is 13.3. The van der Waals surface area contributed by atoms with Gasteiger partial charge in [0.2, 0.25) is 5.91 Å². The SMILES string of the molecule is O=C(CN1CCOc2ccccc2C1)N1CCCC(O)(CO)C1. The molecule has 1 amide bonds. The Morgan fingerprint density at radius 3 is 2.96 bits per heavy atom. The van der Waals surface area contributed by atoms with E-state index in [1.165, 1.54) is 0 Å². The number of hydrogen-bond donors (Lipinski definition) is 2. The lowest BCUT2D eigenvalue weighted by Crippen LogP contribution is -2.54. The molecule has 1 aromatic rings. The van der Waals surface area contributed by atoms with Crippen LogP contribution in [0.25, 0.3) is 0 Å². The van der Waals surface area contributed by atoms with Crippen molar-refractivity contribution in [3.05, 3.63) is 29.8 Å². The van der Waals surface area contributed by atoms with E-state index in [9.17, 15) is 15.0 Å². The van der Waals surface area contributed by atoms with Gasteiger partial charge in [0.25, 0.3) is 0 Å². The maximum absolute atomic E-state index is 12.5. The Labute approximate surface area is 136 Å². The first-order chi connectivity index (χ1) is 11.1. The molecule has 2 N–H and O–H groups in total. The molecular formula is C17H24N2O4. The Bertz CT molecular complexity index is 565. The van der Waals surface area contributed by atoms with E-state index in [-0.39, 0.29) is 19.1 Å². The molecule has 6 heteroatoms. The van der Waals surface area contributed by atoms with Crippen molar-refractivity contribution in [2.75, 3.05) is 39.4 Å². The molecule has 1 aromatic carbocycles. The highest BCUT2D eigenvalue weighted by Gasteiger charge is 2.35. The topological polar surface area (TPSA) is 73.2 Å². The zero-order valence-corrected chi connectivity index (χ0v) is 13.3. The number of piperidine rings is 1. The predicted molar refractivity (Wildman–Crippen MR) is 85.1 cm³/mol. The van der Waals surface area contributed by atoms with Crippen molar-refractivity contribution in [2.45, 2.75) is 25.0 Å². The molecule has 2 heterocycles. The van der Waals surface area contributed by atoms with Gasteiger partial charge in [0.15, 0.2) is 0 Å². The third-order valence-corrected chi connectivity index (χ3v) is 4.59. The largest absolute Gasteiger partial charge is 0.492 e. The fraction of sp³-hybridized carbons (Fsp3) is 0.588. The summed E-state index contributed by atoms with van der Waals surface area (Å²) in [7, 11) is 0. The number of likely N-dealkylation sites (tertiary alicyclic amines) is 1. The van der Waals surface area contributed by atoms with Crippen LogP contribution in [0, 0.1) is 0 Å². The molecule has 126 valence electrons. The second kappa shape index (κ2) is 6.86. The number of rotatable bonds is 3. The van der Waals surface area contributed by atoms with E-state index < -0.39 is 5.60 Å². The number of carbonyl (C=O) groups excluding carboxylic acids is 1. The first-order valence-electron chi connectivity index (χ1n) is 8.14. The van der Waals surface area contributed by atoms with Gasteiger partial charge >= 0.3 is 0 Å². The van der Waals surface area contributed by atoms with Crippen molar-refractivity contribution in [3.63, 3.8) is 0 Å². The number of β-amino-alcohol motifs (C(OH)–C–C–N with tert-alkyl or cyclic N) is 1. The first kappa shape index (κ1) is 16.2. The van der Waals surface area contributed by atoms with Crippen molar-refractivity contribution in [3.8, 4) is 5.75 Å². The fourth-order valence-corrected chi connectivity index (χ4v) is 3.26. The van der Waals surface area contributed by atoms with Crippen LogP contribution in [0.2, 0.25) is 0 Å². The Hall–Kier alpha value is -1.63. The van der Waals surface area contributed by atoms with Crippen LogP contribution in [0.15, 0.2) is 24.3 Å². The molecule has 0 radical (unpaired) electrons. The fourth-order valence-electron chi connectivity index (χ4n) is 3.26. The lowest BCUT2D eigenvalue weighted by molar-refractivity contribution is -0.142. The van der Waals surface area contributed by atoms with E-state index in [4.69, 9.17) is 4.74 Å². The van der Waals surface area contributed by atoms with Gasteiger partial charge in [0.1, 0.15) is 18.0 Å². The van der Waals surface area contributed by atoms with Gasteiger partial charge in [-0.3, -0.25) is 9.69 Å². The van der Waals surface area contributed by atoms with Gasteiger partial charge in [-0.1, -0.05) is 18.2 Å². The molecule has 1 fully saturated rings. The normalized spacial score (nSPS) is 25.4. The van der Waals surface area contributed by atoms with E-state index in [1.807, 2.05) is 24.3 Å². The number of para-hydroxylation sites is 1. The second-order valence-electron chi connectivity index (χ2n) is 6.47. The average Bonchev–Trinajstić information content (AvgIpc) is 2.76. The molecule has 2 aliphatic rings. The minimum absolute atomic E-state index is 0.00374. The molecule has 2 aliphatic heterocycles. The second-order valence-corrected chi connectivity index (χ2v) is 6.47. The summed E-state index contributed by atoms with van der Waals surface area (Å²) in [6.45, 7) is 2.79. The number of aliphatic hydroxyl groups excluding tert-OH is 1. The third kappa shape index (κ3) is 3.83. The minimum Gasteiger partial charge on any atom is -0.492 e. The van der Waals surface area contributed by atoms with Gasteiger partial charge in [-0.15, -0.1) is 0 Å². The van der Waals surface area contributed by atoms with Gasteiger partial charge in [-0.25, -0.2) is 0 Å². The molecule has 0 spiro atoms. The van der Waals surface area contributed by atoms with Crippen molar-refractivity contribution in [2.24, 2.45) is 0 Å². The highest BCUT2D eigenvalue weighted by Crippen LogP contribution is 2.23. The van der Waals surface area contributed by atoms with E-state index in [2.05, 4.69) is 4.90 Å². The maximum Gasteiger partial charge on any atom is 0.236 e. The molecular weight excluding hydrogens is 296 g/mol. The Morgan fingerprint density at radius 1 is 1.30 bits per heavy atom. The van der Waals surface area contributed by atoms with E-state index in [0.717, 1.165) is 17.7 Å². The number of carbonyl (C=O) groups is 1. The molecule has 1 unspecified atom stereocenters. The van der Waals surface area contributed by atoms with E-state index in [0.29, 0.717) is 39.2 Å². The highest BCUT2D eigenvalue weighted by atomic mass is 16.5. The summed E-state index contributed by atoms with van der Waals surface area (Å²) in [6, 6.07) is 7.89. The number of ether oxygens (including phenoxy) is 1. The lowest BCUT2D eigenvalue weighted by Gasteiger charge is -2.38. The first-order valence-corrected chi connectivity index (χ1v) is 8.14. The quantitative estimate of drug-likeness (QED) is 0.834. The van der Waals surface area contributed by atoms with Crippen molar-refractivity contribution >= 4 is 5.91 Å². The summed E-state index contributed by atoms with van der Waals surface area (Å²) >= 11 is 0. The zero-order chi connectivity index (χ0) is 16.3. The van der Waals surface area contributed by atoms with Gasteiger partial charge in [0, 0.05) is 25.2 Å². The van der Waals surface area contributed by atoms with Crippen molar-refractivity contribution in [1.82, 2.24) is 9.80 Å². The number of fused-ring (bicyclic) bond motifs is 1. The average molecular weight is 320 g/mol. The third-order valence-electron chi connectivity index (χ3n) is 4.59. The van der Waals surface area contributed by atoms with Crippen LogP contribution in [-0.2, 0) is 11.3 Å². The summed E-state index contributed by atoms with van der Waals surface area (Å²) in [6.07, 6.45) is 1.26. The van der Waals surface area contributed by atoms with Crippen molar-refractivity contribution < 1.29 is 19.7 Å². The van der Waals surface area contributed by atoms with Gasteiger partial charge < -0.3 is 19.8 Å². The van der Waals surface area contributed by atoms with Crippen LogP contribution in [-0.4, -0.2) is 70.9 Å². The molecule has 0 aliphatic carbocycles. The smallest absolute Gasteiger partial charge is 0.236 e. The molecule has 6 nitrogen and oxygen atoms in total. The van der Waals surface area contributed by atoms with Gasteiger partial charge in [0.05, 0.1) is 19.7 Å². The molecule has 23 heavy (non-hydrogen) atoms. The summed E-state index contributed by atoms with van der Waals surface area (Å²) in [4.78, 5) is 16.3. The standard InChI is InChI=1S/C17H24N2O4/c20-13-17(22)6-3-7-19(12-17)16(21)11-18-8-9-23-15-5-2-1-4-14(15)10-18/h1-2,4-5,20,22H,3,6-13H2. The van der Waals surface area contributed by atoms with E-state index in [1.54, 1.807) is 4.90 Å². The molecule has 0 bridgehead atoms. The molecule has 0 aromatic heterocycles. The summed E-state index contributed by atoms with van der Waals surface area (Å²) < 4.78 is 5.72. The van der Waals surface area contributed by atoms with Gasteiger partial charge in [-0.2, -0.15) is 0 Å². The molecule has 1 atom stereocenters. The minimum atomic E-state index is -1.15. The highest BCUT2D eigenvalue weighted by molar-refractivity contribution is 5.78. The van der Waals surface area contributed by atoms with E-state index >= 15 is 0 Å². The Morgan fingerprint density at radius 2 is 2.13 bits per heavy atom. The van der Waals surface area contributed by atoms with Gasteiger partial charge in [-0.05, 0) is 18.9 Å². The summed E-state index contributed by atoms with van der Waals surface area (Å²) in [5.41, 5.74) is -0.0640. The number of aliphatic hydroxyl groups is 2. The molecule has 0 saturated carbocycles. The summed E-state index contributed by atoms with van der Waals surface area (Å²) in [5.74, 6) is 0.881. The van der Waals surface area contributed by atoms with Crippen LogP contribution < -0.4 is 4.74 Å². The number of hydrogen-bond acceptors (Lipinski definition) is 5. The van der Waals surface area contributed by atoms with Crippen molar-refractivity contribution in [1.29, 1.82) is 0 Å². The monoisotopic (exact) mass is 320 g/mol. The maximum atomic E-state index is 12.5. The lowest BCUT2D eigenvalue weighted by atomic mass is 9.94. The summed E-state index contributed by atoms with van der Waals surface area (Å²) in [5, 5.41) is 19.5. The van der Waals surface area contributed by atoms with Crippen LogP contribution >= 0.6 is 0 Å². The Balaban J connectivity index is 1.62. The predicted octanol–water partition coefficient (Wildman–Crippen LogP) is 0.227. The Kier molecular flexibility index (Phi) is 4.84. The van der Waals surface area contributed by atoms with Crippen LogP contribution in [0.1, 0.15) is 18.4 Å². The molecule has 1 saturated heterocycles. The molecule has 3 rings (SSSR count). The number of amides is 1.